The molecule has 1 fully saturated rings. The number of rotatable bonds is 4. The lowest BCUT2D eigenvalue weighted by atomic mass is 9.95. The van der Waals surface area contributed by atoms with Crippen molar-refractivity contribution < 1.29 is 4.74 Å². The largest absolute Gasteiger partial charge is 0.484 e. The molecule has 3 heteroatoms. The van der Waals surface area contributed by atoms with Crippen LogP contribution in [0.1, 0.15) is 23.8 Å². The average Bonchev–Trinajstić information content (AvgIpc) is 3.01. The Balaban J connectivity index is 1.83. The molecule has 1 aliphatic rings. The normalized spacial score (nSPS) is 19.8. The highest BCUT2D eigenvalue weighted by Crippen LogP contribution is 2.31. The molecular weight excluding hydrogens is 248 g/mol. The number of nitrogens with zero attached hydrogens (tertiary/aromatic N) is 1. The van der Waals surface area contributed by atoms with Gasteiger partial charge in [-0.05, 0) is 37.6 Å². The van der Waals surface area contributed by atoms with Crippen LogP contribution in [0.25, 0.3) is 0 Å². The fourth-order valence-corrected chi connectivity index (χ4v) is 2.69. The van der Waals surface area contributed by atoms with Crippen LogP contribution in [0.2, 0.25) is 0 Å². The Morgan fingerprint density at radius 1 is 1.20 bits per heavy atom. The van der Waals surface area contributed by atoms with Crippen LogP contribution in [0.15, 0.2) is 48.7 Å². The second kappa shape index (κ2) is 6.06. The third kappa shape index (κ3) is 2.99. The molecule has 3 nitrogen and oxygen atoms in total. The third-order valence-electron chi connectivity index (χ3n) is 3.80. The Kier molecular flexibility index (Phi) is 3.97. The predicted molar refractivity (Wildman–Crippen MR) is 79.8 cm³/mol. The summed E-state index contributed by atoms with van der Waals surface area (Å²) in [5.41, 5.74) is 2.25. The molecule has 1 aromatic carbocycles. The first-order chi connectivity index (χ1) is 9.83. The van der Waals surface area contributed by atoms with Crippen LogP contribution < -0.4 is 10.1 Å². The van der Waals surface area contributed by atoms with Gasteiger partial charge < -0.3 is 10.1 Å². The van der Waals surface area contributed by atoms with Crippen molar-refractivity contribution in [2.24, 2.45) is 5.92 Å². The summed E-state index contributed by atoms with van der Waals surface area (Å²) in [4.78, 5) is 4.31. The van der Waals surface area contributed by atoms with Gasteiger partial charge in [-0.25, -0.2) is 0 Å². The summed E-state index contributed by atoms with van der Waals surface area (Å²) in [5.74, 6) is 1.36. The standard InChI is InChI=1S/C17H20N2O/c1-13-7-8-16(12-19-13)20-17(15-9-10-18-11-15)14-5-3-2-4-6-14/h2-8,12,15,17-18H,9-11H2,1H3/t15-,17?/m0/s1. The molecular formula is C17H20N2O. The van der Waals surface area contributed by atoms with Gasteiger partial charge in [0.15, 0.2) is 0 Å². The number of hydrogen-bond donors (Lipinski definition) is 1. The van der Waals surface area contributed by atoms with Crippen molar-refractivity contribution in [1.29, 1.82) is 0 Å². The molecule has 20 heavy (non-hydrogen) atoms. The van der Waals surface area contributed by atoms with Gasteiger partial charge in [0.05, 0.1) is 6.20 Å². The SMILES string of the molecule is Cc1ccc(OC(c2ccccc2)[C@H]2CCNC2)cn1. The van der Waals surface area contributed by atoms with Crippen molar-refractivity contribution in [2.75, 3.05) is 13.1 Å². The number of benzene rings is 1. The molecule has 0 bridgehead atoms. The highest BCUT2D eigenvalue weighted by Gasteiger charge is 2.27. The van der Waals surface area contributed by atoms with E-state index in [9.17, 15) is 0 Å². The van der Waals surface area contributed by atoms with E-state index in [2.05, 4.69) is 34.6 Å². The number of hydrogen-bond acceptors (Lipinski definition) is 3. The second-order valence-corrected chi connectivity index (χ2v) is 5.34. The van der Waals surface area contributed by atoms with Crippen molar-refractivity contribution in [2.45, 2.75) is 19.4 Å². The van der Waals surface area contributed by atoms with Gasteiger partial charge in [-0.3, -0.25) is 4.98 Å². The van der Waals surface area contributed by atoms with Crippen molar-refractivity contribution in [3.63, 3.8) is 0 Å². The van der Waals surface area contributed by atoms with E-state index in [1.807, 2.05) is 31.3 Å². The molecule has 3 rings (SSSR count). The Hall–Kier alpha value is -1.87. The first kappa shape index (κ1) is 13.1. The first-order valence-corrected chi connectivity index (χ1v) is 7.18. The van der Waals surface area contributed by atoms with Gasteiger partial charge in [0.1, 0.15) is 11.9 Å². The van der Waals surface area contributed by atoms with Gasteiger partial charge >= 0.3 is 0 Å². The van der Waals surface area contributed by atoms with E-state index in [0.717, 1.165) is 31.0 Å². The maximum Gasteiger partial charge on any atom is 0.138 e. The molecule has 0 amide bonds. The van der Waals surface area contributed by atoms with Gasteiger partial charge in [0.25, 0.3) is 0 Å². The summed E-state index contributed by atoms with van der Waals surface area (Å²) >= 11 is 0. The third-order valence-corrected chi connectivity index (χ3v) is 3.80. The molecule has 2 atom stereocenters. The maximum absolute atomic E-state index is 6.24. The van der Waals surface area contributed by atoms with Gasteiger partial charge in [-0.1, -0.05) is 30.3 Å². The molecule has 104 valence electrons. The predicted octanol–water partition coefficient (Wildman–Crippen LogP) is 3.12. The van der Waals surface area contributed by atoms with Crippen molar-refractivity contribution in [3.8, 4) is 5.75 Å². The monoisotopic (exact) mass is 268 g/mol. The minimum Gasteiger partial charge on any atom is -0.484 e. The van der Waals surface area contributed by atoms with E-state index >= 15 is 0 Å². The summed E-state index contributed by atoms with van der Waals surface area (Å²) in [6, 6.07) is 14.5. The summed E-state index contributed by atoms with van der Waals surface area (Å²) in [5, 5.41) is 3.42. The quantitative estimate of drug-likeness (QED) is 0.925. The van der Waals surface area contributed by atoms with E-state index in [1.165, 1.54) is 5.56 Å². The first-order valence-electron chi connectivity index (χ1n) is 7.18. The zero-order valence-corrected chi connectivity index (χ0v) is 11.8. The molecule has 1 saturated heterocycles. The number of pyridine rings is 1. The minimum atomic E-state index is 0.0932. The molecule has 2 aromatic rings. The molecule has 0 radical (unpaired) electrons. The number of nitrogens with one attached hydrogen (secondary N) is 1. The van der Waals surface area contributed by atoms with Crippen LogP contribution in [0.4, 0.5) is 0 Å². The molecule has 0 spiro atoms. The zero-order chi connectivity index (χ0) is 13.8. The van der Waals surface area contributed by atoms with Crippen molar-refractivity contribution in [3.05, 3.63) is 59.9 Å². The lowest BCUT2D eigenvalue weighted by molar-refractivity contribution is 0.144. The zero-order valence-electron chi connectivity index (χ0n) is 11.8. The van der Waals surface area contributed by atoms with E-state index in [4.69, 9.17) is 4.74 Å². The highest BCUT2D eigenvalue weighted by molar-refractivity contribution is 5.24. The van der Waals surface area contributed by atoms with Crippen LogP contribution in [0.3, 0.4) is 0 Å². The van der Waals surface area contributed by atoms with E-state index in [-0.39, 0.29) is 6.10 Å². The summed E-state index contributed by atoms with van der Waals surface area (Å²) in [6.45, 7) is 4.07. The molecule has 1 aliphatic heterocycles. The van der Waals surface area contributed by atoms with Gasteiger partial charge in [-0.2, -0.15) is 0 Å². The molecule has 2 heterocycles. The molecule has 1 aromatic heterocycles. The molecule has 1 N–H and O–H groups in total. The van der Waals surface area contributed by atoms with Crippen molar-refractivity contribution in [1.82, 2.24) is 10.3 Å². The van der Waals surface area contributed by atoms with Crippen LogP contribution in [-0.4, -0.2) is 18.1 Å². The fourth-order valence-electron chi connectivity index (χ4n) is 2.69. The Morgan fingerprint density at radius 2 is 2.05 bits per heavy atom. The fraction of sp³-hybridized carbons (Fsp3) is 0.353. The van der Waals surface area contributed by atoms with Crippen LogP contribution in [0, 0.1) is 12.8 Å². The maximum atomic E-state index is 6.24. The Bertz CT molecular complexity index is 533. The second-order valence-electron chi connectivity index (χ2n) is 5.34. The van der Waals surface area contributed by atoms with E-state index < -0.39 is 0 Å². The van der Waals surface area contributed by atoms with Crippen LogP contribution in [-0.2, 0) is 0 Å². The Morgan fingerprint density at radius 3 is 2.70 bits per heavy atom. The highest BCUT2D eigenvalue weighted by atomic mass is 16.5. The van der Waals surface area contributed by atoms with E-state index in [0.29, 0.717) is 5.92 Å². The topological polar surface area (TPSA) is 34.1 Å². The average molecular weight is 268 g/mol. The Labute approximate surface area is 120 Å². The van der Waals surface area contributed by atoms with Crippen LogP contribution in [0.5, 0.6) is 5.75 Å². The summed E-state index contributed by atoms with van der Waals surface area (Å²) in [6.07, 6.45) is 3.06. The van der Waals surface area contributed by atoms with Gasteiger partial charge in [0.2, 0.25) is 0 Å². The van der Waals surface area contributed by atoms with Crippen molar-refractivity contribution >= 4 is 0 Å². The summed E-state index contributed by atoms with van der Waals surface area (Å²) in [7, 11) is 0. The van der Waals surface area contributed by atoms with E-state index in [1.54, 1.807) is 0 Å². The number of aromatic nitrogens is 1. The van der Waals surface area contributed by atoms with Crippen LogP contribution >= 0.6 is 0 Å². The smallest absolute Gasteiger partial charge is 0.138 e. The molecule has 0 aliphatic carbocycles. The lowest BCUT2D eigenvalue weighted by Crippen LogP contribution is -2.21. The van der Waals surface area contributed by atoms with Gasteiger partial charge in [0, 0.05) is 18.2 Å². The summed E-state index contributed by atoms with van der Waals surface area (Å²) < 4.78 is 6.24. The lowest BCUT2D eigenvalue weighted by Gasteiger charge is -2.24. The molecule has 1 unspecified atom stereocenters. The number of ether oxygens (including phenoxy) is 1. The van der Waals surface area contributed by atoms with Gasteiger partial charge in [-0.15, -0.1) is 0 Å². The number of aryl methyl sites for hydroxylation is 1. The molecule has 0 saturated carbocycles. The minimum absolute atomic E-state index is 0.0932.